The molecule has 2 aliphatic rings. The molecule has 1 aromatic carbocycles. The van der Waals surface area contributed by atoms with E-state index in [9.17, 15) is 4.39 Å². The lowest BCUT2D eigenvalue weighted by molar-refractivity contribution is 0.631. The highest BCUT2D eigenvalue weighted by Crippen LogP contribution is 2.38. The Balaban J connectivity index is 1.70. The number of aromatic nitrogens is 2. The smallest absolute Gasteiger partial charge is 0.196 e. The lowest BCUT2D eigenvalue weighted by Gasteiger charge is -2.17. The van der Waals surface area contributed by atoms with Gasteiger partial charge < -0.3 is 5.32 Å². The molecule has 1 N–H and O–H groups in total. The van der Waals surface area contributed by atoms with Crippen LogP contribution in [0.3, 0.4) is 0 Å². The quantitative estimate of drug-likeness (QED) is 0.577. The fourth-order valence-corrected chi connectivity index (χ4v) is 5.05. The van der Waals surface area contributed by atoms with Crippen molar-refractivity contribution in [2.75, 3.05) is 5.32 Å². The molecular weight excluding hydrogens is 357 g/mol. The Morgan fingerprint density at radius 2 is 2.04 bits per heavy atom. The Morgan fingerprint density at radius 3 is 2.81 bits per heavy atom. The molecule has 2 aliphatic carbocycles. The van der Waals surface area contributed by atoms with Gasteiger partial charge >= 0.3 is 0 Å². The maximum atomic E-state index is 14.6. The molecule has 1 fully saturated rings. The SMILES string of the molecule is Fc1ccccc1-c1nc2scc(C3=CC=CCC3)n2c1NC1CCCC1. The molecule has 0 amide bonds. The van der Waals surface area contributed by atoms with Gasteiger partial charge in [0.1, 0.15) is 17.3 Å². The third kappa shape index (κ3) is 3.00. The zero-order valence-corrected chi connectivity index (χ0v) is 15.9. The van der Waals surface area contributed by atoms with Crippen molar-refractivity contribution >= 4 is 27.7 Å². The second-order valence-electron chi connectivity index (χ2n) is 7.31. The van der Waals surface area contributed by atoms with Crippen molar-refractivity contribution in [3.63, 3.8) is 0 Å². The molecule has 3 nitrogen and oxygen atoms in total. The number of allylic oxidation sites excluding steroid dienone is 4. The van der Waals surface area contributed by atoms with Crippen LogP contribution in [0, 0.1) is 5.82 Å². The van der Waals surface area contributed by atoms with Crippen LogP contribution in [-0.4, -0.2) is 15.4 Å². The van der Waals surface area contributed by atoms with Gasteiger partial charge in [-0.05, 0) is 43.4 Å². The summed E-state index contributed by atoms with van der Waals surface area (Å²) in [6.07, 6.45) is 13.4. The zero-order chi connectivity index (χ0) is 18.2. The molecule has 1 saturated carbocycles. The molecule has 5 rings (SSSR count). The number of hydrogen-bond donors (Lipinski definition) is 1. The largest absolute Gasteiger partial charge is 0.367 e. The van der Waals surface area contributed by atoms with Crippen LogP contribution in [0.15, 0.2) is 47.9 Å². The summed E-state index contributed by atoms with van der Waals surface area (Å²) in [5.41, 5.74) is 3.78. The lowest BCUT2D eigenvalue weighted by Crippen LogP contribution is -2.17. The molecule has 2 aromatic heterocycles. The predicted molar refractivity (Wildman–Crippen MR) is 111 cm³/mol. The molecule has 0 atom stereocenters. The Bertz CT molecular complexity index is 1040. The number of rotatable bonds is 4. The van der Waals surface area contributed by atoms with Crippen LogP contribution in [-0.2, 0) is 0 Å². The first-order valence-electron chi connectivity index (χ1n) is 9.69. The maximum absolute atomic E-state index is 14.6. The van der Waals surface area contributed by atoms with E-state index in [-0.39, 0.29) is 5.82 Å². The molecule has 3 aromatic rings. The molecule has 0 saturated heterocycles. The number of hydrogen-bond acceptors (Lipinski definition) is 3. The molecule has 0 radical (unpaired) electrons. The van der Waals surface area contributed by atoms with E-state index in [0.29, 0.717) is 11.6 Å². The molecule has 0 spiro atoms. The van der Waals surface area contributed by atoms with E-state index in [1.165, 1.54) is 30.2 Å². The summed E-state index contributed by atoms with van der Waals surface area (Å²) >= 11 is 1.63. The zero-order valence-electron chi connectivity index (χ0n) is 15.1. The highest BCUT2D eigenvalue weighted by Gasteiger charge is 2.24. The van der Waals surface area contributed by atoms with E-state index in [2.05, 4.69) is 33.3 Å². The first-order chi connectivity index (χ1) is 13.3. The first kappa shape index (κ1) is 16.8. The highest BCUT2D eigenvalue weighted by molar-refractivity contribution is 7.15. The van der Waals surface area contributed by atoms with Crippen LogP contribution in [0.5, 0.6) is 0 Å². The summed E-state index contributed by atoms with van der Waals surface area (Å²) in [5.74, 6) is 0.716. The third-order valence-corrected chi connectivity index (χ3v) is 6.36. The van der Waals surface area contributed by atoms with Gasteiger partial charge in [-0.2, -0.15) is 0 Å². The summed E-state index contributed by atoms with van der Waals surface area (Å²) in [4.78, 5) is 5.75. The van der Waals surface area contributed by atoms with E-state index in [0.717, 1.165) is 42.2 Å². The van der Waals surface area contributed by atoms with Crippen LogP contribution in [0.2, 0.25) is 0 Å². The minimum atomic E-state index is -0.223. The van der Waals surface area contributed by atoms with Gasteiger partial charge in [0.25, 0.3) is 0 Å². The normalized spacial score (nSPS) is 17.6. The number of nitrogens with one attached hydrogen (secondary N) is 1. The van der Waals surface area contributed by atoms with Gasteiger partial charge in [-0.3, -0.25) is 4.40 Å². The number of halogens is 1. The standard InChI is InChI=1S/C22H22FN3S/c23-18-13-7-6-12-17(18)20-21(24-16-10-4-5-11-16)26-19(14-27-22(26)25-20)15-8-2-1-3-9-15/h1-2,6-8,12-14,16,24H,3-5,9-11H2. The van der Waals surface area contributed by atoms with E-state index in [4.69, 9.17) is 4.98 Å². The monoisotopic (exact) mass is 379 g/mol. The van der Waals surface area contributed by atoms with Crippen molar-refractivity contribution in [1.29, 1.82) is 0 Å². The van der Waals surface area contributed by atoms with Crippen molar-refractivity contribution in [3.8, 4) is 11.3 Å². The van der Waals surface area contributed by atoms with Gasteiger partial charge in [0.2, 0.25) is 0 Å². The van der Waals surface area contributed by atoms with E-state index in [1.807, 2.05) is 12.1 Å². The number of imidazole rings is 1. The van der Waals surface area contributed by atoms with E-state index in [1.54, 1.807) is 17.4 Å². The van der Waals surface area contributed by atoms with E-state index < -0.39 is 0 Å². The van der Waals surface area contributed by atoms with Gasteiger partial charge in [0.05, 0.1) is 5.69 Å². The Hall–Kier alpha value is -2.40. The molecule has 5 heteroatoms. The van der Waals surface area contributed by atoms with Gasteiger partial charge in [0.15, 0.2) is 4.96 Å². The second kappa shape index (κ2) is 6.97. The summed E-state index contributed by atoms with van der Waals surface area (Å²) in [7, 11) is 0. The molecule has 0 unspecified atom stereocenters. The molecule has 0 aliphatic heterocycles. The minimum Gasteiger partial charge on any atom is -0.367 e. The molecule has 0 bridgehead atoms. The molecule has 2 heterocycles. The van der Waals surface area contributed by atoms with Gasteiger partial charge in [0, 0.05) is 17.0 Å². The van der Waals surface area contributed by atoms with Crippen LogP contribution < -0.4 is 5.32 Å². The van der Waals surface area contributed by atoms with E-state index >= 15 is 0 Å². The third-order valence-electron chi connectivity index (χ3n) is 5.53. The van der Waals surface area contributed by atoms with Crippen LogP contribution in [0.25, 0.3) is 21.8 Å². The number of anilines is 1. The molecule has 138 valence electrons. The van der Waals surface area contributed by atoms with Crippen molar-refractivity contribution in [3.05, 3.63) is 59.4 Å². The van der Waals surface area contributed by atoms with Crippen LogP contribution in [0.1, 0.15) is 44.2 Å². The van der Waals surface area contributed by atoms with Crippen molar-refractivity contribution in [2.45, 2.75) is 44.6 Å². The minimum absolute atomic E-state index is 0.223. The predicted octanol–water partition coefficient (Wildman–Crippen LogP) is 6.29. The average molecular weight is 380 g/mol. The topological polar surface area (TPSA) is 29.3 Å². The van der Waals surface area contributed by atoms with Crippen LogP contribution in [0.4, 0.5) is 10.2 Å². The van der Waals surface area contributed by atoms with Crippen molar-refractivity contribution < 1.29 is 4.39 Å². The number of thiazole rings is 1. The molecule has 27 heavy (non-hydrogen) atoms. The molecular formula is C22H22FN3S. The lowest BCUT2D eigenvalue weighted by atomic mass is 10.0. The summed E-state index contributed by atoms with van der Waals surface area (Å²) in [6, 6.07) is 7.37. The number of nitrogens with zero attached hydrogens (tertiary/aromatic N) is 2. The summed E-state index contributed by atoms with van der Waals surface area (Å²) < 4.78 is 16.8. The Kier molecular flexibility index (Phi) is 4.32. The number of fused-ring (bicyclic) bond motifs is 1. The summed E-state index contributed by atoms with van der Waals surface area (Å²) in [6.45, 7) is 0. The highest BCUT2D eigenvalue weighted by atomic mass is 32.1. The Morgan fingerprint density at radius 1 is 1.19 bits per heavy atom. The van der Waals surface area contributed by atoms with Gasteiger partial charge in [-0.1, -0.05) is 43.2 Å². The first-order valence-corrected chi connectivity index (χ1v) is 10.6. The summed E-state index contributed by atoms with van der Waals surface area (Å²) in [5, 5.41) is 5.90. The van der Waals surface area contributed by atoms with Crippen LogP contribution >= 0.6 is 11.3 Å². The van der Waals surface area contributed by atoms with Crippen molar-refractivity contribution in [2.24, 2.45) is 0 Å². The second-order valence-corrected chi connectivity index (χ2v) is 8.15. The fraction of sp³-hybridized carbons (Fsp3) is 0.318. The fourth-order valence-electron chi connectivity index (χ4n) is 4.14. The maximum Gasteiger partial charge on any atom is 0.196 e. The van der Waals surface area contributed by atoms with Gasteiger partial charge in [-0.25, -0.2) is 9.37 Å². The number of benzene rings is 1. The van der Waals surface area contributed by atoms with Crippen molar-refractivity contribution in [1.82, 2.24) is 9.38 Å². The van der Waals surface area contributed by atoms with Gasteiger partial charge in [-0.15, -0.1) is 11.3 Å². The Labute approximate surface area is 162 Å². The average Bonchev–Trinajstić information content (AvgIpc) is 3.42.